The number of rotatable bonds is 7. The van der Waals surface area contributed by atoms with Gasteiger partial charge >= 0.3 is 0 Å². The second-order valence-corrected chi connectivity index (χ2v) is 9.43. The Kier molecular flexibility index (Phi) is 7.01. The predicted molar refractivity (Wildman–Crippen MR) is 122 cm³/mol. The molecular weight excluding hydrogens is 396 g/mol. The van der Waals surface area contributed by atoms with Gasteiger partial charge in [-0.15, -0.1) is 0 Å². The molecule has 2 aliphatic heterocycles. The lowest BCUT2D eigenvalue weighted by atomic mass is 9.97. The van der Waals surface area contributed by atoms with Gasteiger partial charge in [-0.1, -0.05) is 30.0 Å². The number of benzene rings is 2. The zero-order chi connectivity index (χ0) is 21.1. The summed E-state index contributed by atoms with van der Waals surface area (Å²) in [6.45, 7) is 6.71. The number of hydrogen-bond donors (Lipinski definition) is 3. The van der Waals surface area contributed by atoms with Crippen LogP contribution in [0.15, 0.2) is 52.3 Å². The van der Waals surface area contributed by atoms with E-state index in [1.165, 1.54) is 26.7 Å². The molecule has 3 N–H and O–H groups in total. The van der Waals surface area contributed by atoms with Crippen LogP contribution in [-0.4, -0.2) is 54.3 Å². The molecule has 0 unspecified atom stereocenters. The number of nitrogens with zero attached hydrogens (tertiary/aromatic N) is 1. The third kappa shape index (κ3) is 4.84. The molecule has 0 bridgehead atoms. The second kappa shape index (κ2) is 9.71. The smallest absolute Gasteiger partial charge is 0.106 e. The molecule has 2 aromatic rings. The highest BCUT2D eigenvalue weighted by Gasteiger charge is 2.33. The topological polar surface area (TPSA) is 65.0 Å². The maximum Gasteiger partial charge on any atom is 0.106 e. The number of hydrogen-bond acceptors (Lipinski definition) is 6. The quantitative estimate of drug-likeness (QED) is 0.582. The fraction of sp³-hybridized carbons (Fsp3) is 0.500. The van der Waals surface area contributed by atoms with E-state index in [4.69, 9.17) is 4.74 Å². The molecule has 2 heterocycles. The van der Waals surface area contributed by atoms with E-state index < -0.39 is 12.2 Å². The van der Waals surface area contributed by atoms with Crippen molar-refractivity contribution in [3.63, 3.8) is 0 Å². The van der Waals surface area contributed by atoms with Gasteiger partial charge in [0.15, 0.2) is 0 Å². The Morgan fingerprint density at radius 2 is 1.90 bits per heavy atom. The normalized spacial score (nSPS) is 25.7. The van der Waals surface area contributed by atoms with Gasteiger partial charge in [0.1, 0.15) is 6.10 Å². The first kappa shape index (κ1) is 21.7. The summed E-state index contributed by atoms with van der Waals surface area (Å²) in [5, 5.41) is 23.2. The van der Waals surface area contributed by atoms with E-state index in [9.17, 15) is 10.2 Å². The Bertz CT molecular complexity index is 850. The van der Waals surface area contributed by atoms with E-state index in [-0.39, 0.29) is 12.2 Å². The van der Waals surface area contributed by atoms with Crippen molar-refractivity contribution in [3.8, 4) is 0 Å². The summed E-state index contributed by atoms with van der Waals surface area (Å²) in [7, 11) is 0. The van der Waals surface area contributed by atoms with Crippen molar-refractivity contribution in [2.75, 3.05) is 24.5 Å². The fourth-order valence-electron chi connectivity index (χ4n) is 4.28. The molecule has 162 valence electrons. The Balaban J connectivity index is 1.28. The van der Waals surface area contributed by atoms with Crippen LogP contribution in [0, 0.1) is 6.92 Å². The minimum absolute atomic E-state index is 0.00625. The summed E-state index contributed by atoms with van der Waals surface area (Å²) in [5.41, 5.74) is 3.87. The number of aliphatic hydroxyl groups excluding tert-OH is 2. The van der Waals surface area contributed by atoms with Crippen molar-refractivity contribution in [1.82, 2.24) is 5.32 Å². The van der Waals surface area contributed by atoms with E-state index in [2.05, 4.69) is 59.6 Å². The van der Waals surface area contributed by atoms with Gasteiger partial charge in [-0.25, -0.2) is 0 Å². The molecule has 5 nitrogen and oxygen atoms in total. The second-order valence-electron chi connectivity index (χ2n) is 8.34. The summed E-state index contributed by atoms with van der Waals surface area (Å²) >= 11 is 1.85. The monoisotopic (exact) mass is 428 g/mol. The maximum absolute atomic E-state index is 9.93. The van der Waals surface area contributed by atoms with E-state index in [0.29, 0.717) is 6.42 Å². The summed E-state index contributed by atoms with van der Waals surface area (Å²) in [6, 6.07) is 15.3. The van der Waals surface area contributed by atoms with E-state index in [1.807, 2.05) is 18.7 Å². The van der Waals surface area contributed by atoms with Crippen LogP contribution in [0.2, 0.25) is 0 Å². The molecule has 4 rings (SSSR count). The van der Waals surface area contributed by atoms with Crippen molar-refractivity contribution < 1.29 is 14.9 Å². The number of aryl methyl sites for hydroxylation is 1. The molecule has 0 aliphatic carbocycles. The largest absolute Gasteiger partial charge is 0.390 e. The molecule has 0 saturated carbocycles. The zero-order valence-corrected chi connectivity index (χ0v) is 18.6. The van der Waals surface area contributed by atoms with Crippen LogP contribution in [0.25, 0.3) is 0 Å². The highest BCUT2D eigenvalue weighted by atomic mass is 32.2. The number of para-hydroxylation sites is 1. The first-order valence-corrected chi connectivity index (χ1v) is 11.7. The highest BCUT2D eigenvalue weighted by molar-refractivity contribution is 7.99. The van der Waals surface area contributed by atoms with Crippen LogP contribution in [0.4, 0.5) is 11.4 Å². The Labute approximate surface area is 183 Å². The van der Waals surface area contributed by atoms with Crippen LogP contribution in [-0.2, 0) is 4.74 Å². The molecule has 1 fully saturated rings. The van der Waals surface area contributed by atoms with Gasteiger partial charge < -0.3 is 25.2 Å². The molecule has 0 aromatic heterocycles. The van der Waals surface area contributed by atoms with Gasteiger partial charge in [0.05, 0.1) is 29.7 Å². The van der Waals surface area contributed by atoms with Crippen molar-refractivity contribution in [1.29, 1.82) is 0 Å². The number of nitrogens with one attached hydrogen (secondary N) is 1. The van der Waals surface area contributed by atoms with Crippen LogP contribution >= 0.6 is 11.8 Å². The fourth-order valence-corrected chi connectivity index (χ4v) is 5.35. The maximum atomic E-state index is 9.93. The third-order valence-corrected chi connectivity index (χ3v) is 7.08. The third-order valence-electron chi connectivity index (χ3n) is 5.95. The molecule has 4 atom stereocenters. The first-order chi connectivity index (χ1) is 14.5. The van der Waals surface area contributed by atoms with Crippen LogP contribution in [0.1, 0.15) is 31.7 Å². The van der Waals surface area contributed by atoms with E-state index >= 15 is 0 Å². The Morgan fingerprint density at radius 3 is 2.73 bits per heavy atom. The molecule has 2 aromatic carbocycles. The number of aliphatic hydroxyl groups is 2. The van der Waals surface area contributed by atoms with E-state index in [1.54, 1.807) is 0 Å². The van der Waals surface area contributed by atoms with Gasteiger partial charge in [-0.3, -0.25) is 0 Å². The van der Waals surface area contributed by atoms with Gasteiger partial charge in [0.2, 0.25) is 0 Å². The Hall–Kier alpha value is -1.57. The zero-order valence-electron chi connectivity index (χ0n) is 17.8. The van der Waals surface area contributed by atoms with Gasteiger partial charge in [0.25, 0.3) is 0 Å². The standard InChI is InChI=1S/C24H32N2O3S/c1-16-8-9-23-20(14-16)26(19-6-3-4-7-22(19)30-23)13-5-11-25-12-10-18-15-21(27)24(28)17(2)29-18/h3-4,6-9,14,17-18,21,24-25,27-28H,5,10-13,15H2,1-2H3/t17-,18-,21-,24-/m1/s1. The van der Waals surface area contributed by atoms with Gasteiger partial charge in [-0.2, -0.15) is 0 Å². The summed E-state index contributed by atoms with van der Waals surface area (Å²) in [6.07, 6.45) is 0.636. The average Bonchev–Trinajstić information content (AvgIpc) is 2.74. The number of anilines is 2. The molecule has 30 heavy (non-hydrogen) atoms. The minimum atomic E-state index is -0.772. The molecule has 6 heteroatoms. The van der Waals surface area contributed by atoms with Crippen molar-refractivity contribution >= 4 is 23.1 Å². The van der Waals surface area contributed by atoms with Crippen molar-refractivity contribution in [3.05, 3.63) is 48.0 Å². The van der Waals surface area contributed by atoms with Crippen LogP contribution in [0.5, 0.6) is 0 Å². The van der Waals surface area contributed by atoms with Gasteiger partial charge in [0, 0.05) is 22.8 Å². The van der Waals surface area contributed by atoms with E-state index in [0.717, 1.165) is 32.5 Å². The molecule has 0 spiro atoms. The molecule has 0 radical (unpaired) electrons. The van der Waals surface area contributed by atoms with Gasteiger partial charge in [-0.05, 0) is 69.6 Å². The summed E-state index contributed by atoms with van der Waals surface area (Å²) in [5.74, 6) is 0. The Morgan fingerprint density at radius 1 is 1.10 bits per heavy atom. The molecule has 2 aliphatic rings. The number of ether oxygens (including phenoxy) is 1. The lowest BCUT2D eigenvalue weighted by Gasteiger charge is -2.35. The minimum Gasteiger partial charge on any atom is -0.390 e. The number of fused-ring (bicyclic) bond motifs is 2. The molecule has 1 saturated heterocycles. The summed E-state index contributed by atoms with van der Waals surface area (Å²) in [4.78, 5) is 5.07. The SMILES string of the molecule is Cc1ccc2c(c1)N(CCCNCC[C@@H]1C[C@@H](O)[C@H](O)[C@@H](C)O1)c1ccccc1S2. The van der Waals surface area contributed by atoms with Crippen molar-refractivity contribution in [2.45, 2.75) is 67.3 Å². The highest BCUT2D eigenvalue weighted by Crippen LogP contribution is 2.48. The molecular formula is C24H32N2O3S. The summed E-state index contributed by atoms with van der Waals surface area (Å²) < 4.78 is 5.80. The lowest BCUT2D eigenvalue weighted by molar-refractivity contribution is -0.162. The predicted octanol–water partition coefficient (Wildman–Crippen LogP) is 3.87. The van der Waals surface area contributed by atoms with Crippen LogP contribution in [0.3, 0.4) is 0 Å². The lowest BCUT2D eigenvalue weighted by Crippen LogP contribution is -2.47. The van der Waals surface area contributed by atoms with Crippen molar-refractivity contribution in [2.24, 2.45) is 0 Å². The van der Waals surface area contributed by atoms with Crippen LogP contribution < -0.4 is 10.2 Å². The first-order valence-electron chi connectivity index (χ1n) is 10.9. The average molecular weight is 429 g/mol. The molecule has 0 amide bonds.